The molecule has 2 rings (SSSR count). The smallest absolute Gasteiger partial charge is 0.226 e. The van der Waals surface area contributed by atoms with Crippen LogP contribution in [0.3, 0.4) is 0 Å². The first kappa shape index (κ1) is 6.89. The first-order chi connectivity index (χ1) is 5.20. The summed E-state index contributed by atoms with van der Waals surface area (Å²) in [5, 5.41) is 2.93. The van der Waals surface area contributed by atoms with Crippen molar-refractivity contribution in [3.8, 4) is 0 Å². The van der Waals surface area contributed by atoms with Crippen LogP contribution in [0.4, 0.5) is 0 Å². The van der Waals surface area contributed by atoms with Gasteiger partial charge in [-0.3, -0.25) is 4.79 Å². The number of hydrogen-bond donors (Lipinski definition) is 1. The van der Waals surface area contributed by atoms with Gasteiger partial charge in [0.05, 0.1) is 5.92 Å². The van der Waals surface area contributed by atoms with E-state index in [0.29, 0.717) is 17.9 Å². The maximum Gasteiger partial charge on any atom is 0.226 e. The third-order valence-corrected chi connectivity index (χ3v) is 2.85. The molecule has 0 radical (unpaired) electrons. The molecule has 1 N–H and O–H groups in total. The molecule has 2 heteroatoms. The summed E-state index contributed by atoms with van der Waals surface area (Å²) in [6.45, 7) is 4.26. The molecule has 4 atom stereocenters. The van der Waals surface area contributed by atoms with Crippen LogP contribution >= 0.6 is 0 Å². The number of amides is 1. The lowest BCUT2D eigenvalue weighted by Crippen LogP contribution is -2.63. The quantitative estimate of drug-likeness (QED) is 0.405. The van der Waals surface area contributed by atoms with Crippen LogP contribution in [0.5, 0.6) is 0 Å². The van der Waals surface area contributed by atoms with Gasteiger partial charge in [0.1, 0.15) is 0 Å². The molecule has 0 aromatic rings. The number of rotatable bonds is 0. The van der Waals surface area contributed by atoms with E-state index in [2.05, 4.69) is 31.3 Å². The van der Waals surface area contributed by atoms with Gasteiger partial charge < -0.3 is 5.32 Å². The highest BCUT2D eigenvalue weighted by molar-refractivity contribution is 5.86. The van der Waals surface area contributed by atoms with Crippen LogP contribution in [0.15, 0.2) is 12.2 Å². The molecule has 1 saturated heterocycles. The van der Waals surface area contributed by atoms with E-state index in [1.807, 2.05) is 0 Å². The van der Waals surface area contributed by atoms with Gasteiger partial charge in [0.2, 0.25) is 5.91 Å². The minimum Gasteiger partial charge on any atom is -0.352 e. The molecule has 0 saturated carbocycles. The second kappa shape index (κ2) is 2.10. The normalized spacial score (nSPS) is 47.6. The van der Waals surface area contributed by atoms with Crippen LogP contribution in [0.25, 0.3) is 0 Å². The molecule has 1 heterocycles. The maximum absolute atomic E-state index is 11.1. The number of fused-ring (bicyclic) bond motifs is 1. The Morgan fingerprint density at radius 3 is 2.45 bits per heavy atom. The monoisotopic (exact) mass is 151 g/mol. The molecule has 1 fully saturated rings. The molecule has 0 aromatic heterocycles. The Morgan fingerprint density at radius 1 is 1.27 bits per heavy atom. The van der Waals surface area contributed by atoms with E-state index in [4.69, 9.17) is 0 Å². The lowest BCUT2D eigenvalue weighted by Gasteiger charge is -2.44. The molecule has 2 nitrogen and oxygen atoms in total. The number of carbonyl (C=O) groups is 1. The molecule has 0 unspecified atom stereocenters. The van der Waals surface area contributed by atoms with E-state index in [1.54, 1.807) is 0 Å². The fourth-order valence-corrected chi connectivity index (χ4v) is 2.03. The fraction of sp³-hybridized carbons (Fsp3) is 0.667. The molecule has 0 aromatic carbocycles. The van der Waals surface area contributed by atoms with Crippen molar-refractivity contribution >= 4 is 5.91 Å². The minimum absolute atomic E-state index is 0.235. The maximum atomic E-state index is 11.1. The molecule has 0 spiro atoms. The van der Waals surface area contributed by atoms with Crippen molar-refractivity contribution in [2.75, 3.05) is 0 Å². The Morgan fingerprint density at radius 2 is 1.91 bits per heavy atom. The second-order valence-corrected chi connectivity index (χ2v) is 3.66. The average molecular weight is 151 g/mol. The van der Waals surface area contributed by atoms with Gasteiger partial charge in [-0.15, -0.1) is 0 Å². The van der Waals surface area contributed by atoms with Crippen molar-refractivity contribution in [2.45, 2.75) is 19.9 Å². The number of hydrogen-bond acceptors (Lipinski definition) is 1. The van der Waals surface area contributed by atoms with Crippen molar-refractivity contribution in [2.24, 2.45) is 17.8 Å². The van der Waals surface area contributed by atoms with Gasteiger partial charge >= 0.3 is 0 Å². The Balaban J connectivity index is 2.22. The van der Waals surface area contributed by atoms with Gasteiger partial charge in [-0.05, 0) is 11.8 Å². The van der Waals surface area contributed by atoms with E-state index in [9.17, 15) is 4.79 Å². The molecule has 60 valence electrons. The molecule has 1 aliphatic carbocycles. The van der Waals surface area contributed by atoms with Crippen LogP contribution in [0.1, 0.15) is 13.8 Å². The number of allylic oxidation sites excluding steroid dienone is 1. The Labute approximate surface area is 66.7 Å². The highest BCUT2D eigenvalue weighted by atomic mass is 16.2. The van der Waals surface area contributed by atoms with Crippen LogP contribution in [-0.4, -0.2) is 11.9 Å². The molecular weight excluding hydrogens is 138 g/mol. The van der Waals surface area contributed by atoms with Crippen LogP contribution in [-0.2, 0) is 4.79 Å². The molecule has 1 amide bonds. The van der Waals surface area contributed by atoms with Gasteiger partial charge in [0.15, 0.2) is 0 Å². The predicted molar refractivity (Wildman–Crippen MR) is 42.9 cm³/mol. The summed E-state index contributed by atoms with van der Waals surface area (Å²) in [7, 11) is 0. The van der Waals surface area contributed by atoms with E-state index < -0.39 is 0 Å². The third-order valence-electron chi connectivity index (χ3n) is 2.85. The van der Waals surface area contributed by atoms with E-state index in [0.717, 1.165) is 0 Å². The number of β-lactam (4-membered cyclic amide) rings is 1. The zero-order valence-corrected chi connectivity index (χ0v) is 6.87. The molecule has 2 aliphatic rings. The van der Waals surface area contributed by atoms with Gasteiger partial charge in [0, 0.05) is 6.04 Å². The zero-order chi connectivity index (χ0) is 8.01. The Kier molecular flexibility index (Phi) is 1.31. The summed E-state index contributed by atoms with van der Waals surface area (Å²) < 4.78 is 0. The van der Waals surface area contributed by atoms with Crippen molar-refractivity contribution in [3.63, 3.8) is 0 Å². The van der Waals surface area contributed by atoms with E-state index >= 15 is 0 Å². The summed E-state index contributed by atoms with van der Waals surface area (Å²) in [4.78, 5) is 11.1. The van der Waals surface area contributed by atoms with E-state index in [1.165, 1.54) is 0 Å². The highest BCUT2D eigenvalue weighted by Crippen LogP contribution is 2.34. The lowest BCUT2D eigenvalue weighted by atomic mass is 9.71. The van der Waals surface area contributed by atoms with Gasteiger partial charge in [-0.1, -0.05) is 26.0 Å². The summed E-state index contributed by atoms with van der Waals surface area (Å²) in [6.07, 6.45) is 4.36. The van der Waals surface area contributed by atoms with Gasteiger partial charge in [0.25, 0.3) is 0 Å². The highest BCUT2D eigenvalue weighted by Gasteiger charge is 2.45. The van der Waals surface area contributed by atoms with Crippen LogP contribution in [0.2, 0.25) is 0 Å². The van der Waals surface area contributed by atoms with Gasteiger partial charge in [-0.25, -0.2) is 0 Å². The standard InChI is InChI=1S/C9H13NO/c1-5-3-4-6(2)8-7(5)9(11)10-8/h3-8H,1-2H3,(H,10,11)/t5-,6-,7-,8-/m1/s1. The summed E-state index contributed by atoms with van der Waals surface area (Å²) in [5.74, 6) is 1.45. The van der Waals surface area contributed by atoms with Crippen LogP contribution in [0, 0.1) is 17.8 Å². The third kappa shape index (κ3) is 0.817. The second-order valence-electron chi connectivity index (χ2n) is 3.66. The fourth-order valence-electron chi connectivity index (χ4n) is 2.03. The van der Waals surface area contributed by atoms with Gasteiger partial charge in [-0.2, -0.15) is 0 Å². The Bertz CT molecular complexity index is 222. The average Bonchev–Trinajstić information content (AvgIpc) is 1.93. The molecular formula is C9H13NO. The predicted octanol–water partition coefficient (Wildman–Crippen LogP) is 0.943. The lowest BCUT2D eigenvalue weighted by molar-refractivity contribution is -0.138. The zero-order valence-electron chi connectivity index (χ0n) is 6.87. The topological polar surface area (TPSA) is 29.1 Å². The molecule has 11 heavy (non-hydrogen) atoms. The van der Waals surface area contributed by atoms with Crippen molar-refractivity contribution in [1.29, 1.82) is 0 Å². The summed E-state index contributed by atoms with van der Waals surface area (Å²) >= 11 is 0. The van der Waals surface area contributed by atoms with Crippen molar-refractivity contribution in [1.82, 2.24) is 5.32 Å². The summed E-state index contributed by atoms with van der Waals surface area (Å²) in [5.41, 5.74) is 0. The number of nitrogens with one attached hydrogen (secondary N) is 1. The SMILES string of the molecule is C[C@@H]1C=C[C@@H](C)[C@H]2C(=O)N[C@@H]21. The van der Waals surface area contributed by atoms with E-state index in [-0.39, 0.29) is 11.8 Å². The van der Waals surface area contributed by atoms with Crippen molar-refractivity contribution in [3.05, 3.63) is 12.2 Å². The molecule has 0 bridgehead atoms. The Hall–Kier alpha value is -0.790. The summed E-state index contributed by atoms with van der Waals surface area (Å²) in [6, 6.07) is 0.419. The largest absolute Gasteiger partial charge is 0.352 e. The van der Waals surface area contributed by atoms with Crippen LogP contribution < -0.4 is 5.32 Å². The first-order valence-corrected chi connectivity index (χ1v) is 4.19. The first-order valence-electron chi connectivity index (χ1n) is 4.19. The number of carbonyl (C=O) groups excluding carboxylic acids is 1. The minimum atomic E-state index is 0.235. The molecule has 1 aliphatic heterocycles. The van der Waals surface area contributed by atoms with Crippen molar-refractivity contribution < 1.29 is 4.79 Å².